The Morgan fingerprint density at radius 2 is 0.941 bits per heavy atom. The summed E-state index contributed by atoms with van der Waals surface area (Å²) in [4.78, 5) is 0. The second-order valence-electron chi connectivity index (χ2n) is 9.07. The predicted octanol–water partition coefficient (Wildman–Crippen LogP) is 1.96. The van der Waals surface area contributed by atoms with Crippen molar-refractivity contribution in [1.82, 2.24) is 0 Å². The molecule has 184 valence electrons. The van der Waals surface area contributed by atoms with E-state index < -0.39 is 0 Å². The van der Waals surface area contributed by atoms with Crippen molar-refractivity contribution in [3.8, 4) is 0 Å². The van der Waals surface area contributed by atoms with Gasteiger partial charge in [-0.2, -0.15) is 11.1 Å². The molecule has 4 rings (SSSR count). The van der Waals surface area contributed by atoms with Gasteiger partial charge in [0.2, 0.25) is 0 Å². The van der Waals surface area contributed by atoms with Crippen LogP contribution in [0.1, 0.15) is 71.2 Å². The van der Waals surface area contributed by atoms with Crippen LogP contribution < -0.4 is 24.8 Å². The molecule has 0 nitrogen and oxygen atoms in total. The number of hydrogen-bond acceptors (Lipinski definition) is 0. The van der Waals surface area contributed by atoms with Gasteiger partial charge in [-0.3, -0.25) is 0 Å². The molecule has 4 heteroatoms. The van der Waals surface area contributed by atoms with Crippen LogP contribution in [0.5, 0.6) is 0 Å². The third kappa shape index (κ3) is 7.19. The summed E-state index contributed by atoms with van der Waals surface area (Å²) in [5, 5.41) is 5.93. The molecule has 0 unspecified atom stereocenters. The molecule has 0 heterocycles. The zero-order valence-electron chi connectivity index (χ0n) is 22.3. The van der Waals surface area contributed by atoms with Crippen LogP contribution in [0.4, 0.5) is 0 Å². The first-order valence-corrected chi connectivity index (χ1v) is 17.9. The van der Waals surface area contributed by atoms with Crippen LogP contribution in [0.25, 0.3) is 21.5 Å². The molecular formula is C30H40Cl2SiZr-2. The average molecular weight is 591 g/mol. The van der Waals surface area contributed by atoms with E-state index in [1.54, 1.807) is 23.3 Å². The fraction of sp³-hybridized carbons (Fsp3) is 0.400. The SMILES string of the molecule is CCCc1ccc(C)c2[cH-]c(C)c(C)c12.CCCc1ccc(C)c2[cH-]c(C)c(C)c12.[Cl-].[Cl-].[SiH2]=[Zr+2]. The third-order valence-corrected chi connectivity index (χ3v) is 6.79. The molecule has 4 aromatic carbocycles. The number of hydrogen-bond donors (Lipinski definition) is 0. The molecule has 0 atom stereocenters. The van der Waals surface area contributed by atoms with Gasteiger partial charge >= 0.3 is 30.2 Å². The van der Waals surface area contributed by atoms with Crippen molar-refractivity contribution in [2.24, 2.45) is 0 Å². The summed E-state index contributed by atoms with van der Waals surface area (Å²) < 4.78 is 0. The van der Waals surface area contributed by atoms with Crippen LogP contribution in [0.15, 0.2) is 36.4 Å². The Balaban J connectivity index is 0.000000566. The molecule has 0 amide bonds. The zero-order valence-corrected chi connectivity index (χ0v) is 27.6. The fourth-order valence-electron chi connectivity index (χ4n) is 4.79. The molecule has 4 aromatic rings. The van der Waals surface area contributed by atoms with Gasteiger partial charge < -0.3 is 24.8 Å². The second-order valence-corrected chi connectivity index (χ2v) is 9.07. The summed E-state index contributed by atoms with van der Waals surface area (Å²) >= 11 is 1.58. The third-order valence-electron chi connectivity index (χ3n) is 6.79. The first-order chi connectivity index (χ1) is 15.3. The first-order valence-electron chi connectivity index (χ1n) is 12.0. The minimum atomic E-state index is 0. The molecule has 0 saturated carbocycles. The van der Waals surface area contributed by atoms with E-state index in [9.17, 15) is 0 Å². The van der Waals surface area contributed by atoms with Gasteiger partial charge in [-0.25, -0.2) is 0 Å². The van der Waals surface area contributed by atoms with Gasteiger partial charge in [0.25, 0.3) is 0 Å². The number of benzene rings is 2. The Labute approximate surface area is 237 Å². The summed E-state index contributed by atoms with van der Waals surface area (Å²) in [6, 6.07) is 13.8. The monoisotopic (exact) mass is 588 g/mol. The van der Waals surface area contributed by atoms with Crippen LogP contribution in [0, 0.1) is 41.5 Å². The van der Waals surface area contributed by atoms with Crippen LogP contribution >= 0.6 is 0 Å². The van der Waals surface area contributed by atoms with Gasteiger partial charge in [0.1, 0.15) is 0 Å². The van der Waals surface area contributed by atoms with E-state index in [0.717, 1.165) is 0 Å². The van der Waals surface area contributed by atoms with Crippen molar-refractivity contribution in [2.45, 2.75) is 81.1 Å². The van der Waals surface area contributed by atoms with Gasteiger partial charge in [0.15, 0.2) is 0 Å². The summed E-state index contributed by atoms with van der Waals surface area (Å²) in [5.74, 6) is 0. The summed E-state index contributed by atoms with van der Waals surface area (Å²) in [6.07, 6.45) is 4.84. The van der Waals surface area contributed by atoms with Crippen LogP contribution in [0.3, 0.4) is 0 Å². The molecule has 0 bridgehead atoms. The Morgan fingerprint density at radius 3 is 1.24 bits per heavy atom. The summed E-state index contributed by atoms with van der Waals surface area (Å²) in [5.41, 5.74) is 11.6. The average Bonchev–Trinajstić information content (AvgIpc) is 3.26. The van der Waals surface area contributed by atoms with Crippen molar-refractivity contribution in [3.05, 3.63) is 80.9 Å². The Hall–Kier alpha value is -0.660. The minimum absolute atomic E-state index is 0. The summed E-state index contributed by atoms with van der Waals surface area (Å²) in [6.45, 7) is 19.8. The van der Waals surface area contributed by atoms with E-state index in [0.29, 0.717) is 0 Å². The second kappa shape index (κ2) is 15.5. The van der Waals surface area contributed by atoms with E-state index in [1.165, 1.54) is 91.7 Å². The van der Waals surface area contributed by atoms with Crippen molar-refractivity contribution in [1.29, 1.82) is 0 Å². The van der Waals surface area contributed by atoms with E-state index in [-0.39, 0.29) is 24.8 Å². The predicted molar refractivity (Wildman–Crippen MR) is 144 cm³/mol. The summed E-state index contributed by atoms with van der Waals surface area (Å²) in [7, 11) is 0. The molecular weight excluding hydrogens is 551 g/mol. The molecule has 0 N–H and O–H groups in total. The zero-order chi connectivity index (χ0) is 24.0. The van der Waals surface area contributed by atoms with Gasteiger partial charge in [0, 0.05) is 0 Å². The van der Waals surface area contributed by atoms with E-state index in [1.807, 2.05) is 6.88 Å². The van der Waals surface area contributed by atoms with Gasteiger partial charge in [-0.15, -0.1) is 68.1 Å². The molecule has 34 heavy (non-hydrogen) atoms. The Morgan fingerprint density at radius 1 is 0.618 bits per heavy atom. The molecule has 0 aliphatic carbocycles. The quantitative estimate of drug-likeness (QED) is 0.252. The maximum atomic E-state index is 2.33. The van der Waals surface area contributed by atoms with Crippen molar-refractivity contribution >= 4 is 28.4 Å². The molecule has 0 radical (unpaired) electrons. The van der Waals surface area contributed by atoms with Crippen LogP contribution in [-0.4, -0.2) is 6.88 Å². The van der Waals surface area contributed by atoms with Gasteiger partial charge in [-0.1, -0.05) is 91.5 Å². The number of rotatable bonds is 4. The standard InChI is InChI=1S/2C15H19.2ClH.H2Si.Zr/c2*1-5-6-13-8-7-10(2)14-9-11(3)12(4)15(13)14;;;;/h2*7-9H,5-6H2,1-4H3;2*1H;1H2;/q2*-1;;;;+2/p-2. The first kappa shape index (κ1) is 33.3. The van der Waals surface area contributed by atoms with E-state index >= 15 is 0 Å². The molecule has 0 aliphatic rings. The topological polar surface area (TPSA) is 0 Å². The number of halogens is 2. The van der Waals surface area contributed by atoms with Crippen molar-refractivity contribution in [3.63, 3.8) is 0 Å². The molecule has 0 fully saturated rings. The molecule has 0 aliphatic heterocycles. The van der Waals surface area contributed by atoms with Crippen LogP contribution in [0.2, 0.25) is 0 Å². The van der Waals surface area contributed by atoms with Gasteiger partial charge in [-0.05, 0) is 12.8 Å². The van der Waals surface area contributed by atoms with E-state index in [2.05, 4.69) is 91.8 Å². The molecule has 0 spiro atoms. The van der Waals surface area contributed by atoms with Crippen molar-refractivity contribution < 1.29 is 48.1 Å². The molecule has 0 saturated heterocycles. The number of fused-ring (bicyclic) bond motifs is 2. The fourth-order valence-corrected chi connectivity index (χ4v) is 4.79. The number of aryl methyl sites for hydroxylation is 8. The Kier molecular flexibility index (Phi) is 15.2. The maximum absolute atomic E-state index is 2.33. The van der Waals surface area contributed by atoms with Crippen molar-refractivity contribution in [2.75, 3.05) is 0 Å². The Bertz CT molecular complexity index is 1110. The van der Waals surface area contributed by atoms with Crippen LogP contribution in [-0.2, 0) is 36.2 Å². The normalized spacial score (nSPS) is 10.1. The van der Waals surface area contributed by atoms with E-state index in [4.69, 9.17) is 0 Å². The molecule has 0 aromatic heterocycles. The van der Waals surface area contributed by atoms with Gasteiger partial charge in [0.05, 0.1) is 0 Å².